The zero-order chi connectivity index (χ0) is 18.4. The number of carbonyl (C=O) groups is 3. The first kappa shape index (κ1) is 16.6. The summed E-state index contributed by atoms with van der Waals surface area (Å²) in [4.78, 5) is 40.3. The normalized spacial score (nSPS) is 20.5. The maximum Gasteiger partial charge on any atom is 0.272 e. The molecule has 8 nitrogen and oxygen atoms in total. The van der Waals surface area contributed by atoms with Crippen LogP contribution in [0, 0.1) is 5.92 Å². The maximum atomic E-state index is 12.9. The Labute approximate surface area is 150 Å². The Kier molecular flexibility index (Phi) is 3.90. The van der Waals surface area contributed by atoms with Gasteiger partial charge in [-0.3, -0.25) is 19.1 Å². The van der Waals surface area contributed by atoms with Gasteiger partial charge in [0.1, 0.15) is 5.69 Å². The second-order valence-electron chi connectivity index (χ2n) is 6.91. The van der Waals surface area contributed by atoms with Crippen LogP contribution in [0.25, 0.3) is 10.9 Å². The van der Waals surface area contributed by atoms with Crippen LogP contribution in [-0.2, 0) is 16.6 Å². The van der Waals surface area contributed by atoms with Crippen molar-refractivity contribution in [3.8, 4) is 0 Å². The zero-order valence-corrected chi connectivity index (χ0v) is 14.8. The van der Waals surface area contributed by atoms with Crippen LogP contribution in [-0.4, -0.2) is 70.0 Å². The molecule has 1 aromatic heterocycles. The molecule has 136 valence electrons. The Bertz CT molecular complexity index is 899. The molecule has 2 fully saturated rings. The Morgan fingerprint density at radius 2 is 1.92 bits per heavy atom. The minimum atomic E-state index is -0.293. The molecule has 2 aliphatic rings. The molecule has 1 unspecified atom stereocenters. The predicted octanol–water partition coefficient (Wildman–Crippen LogP) is -0.00780. The number of aromatic nitrogens is 2. The largest absolute Gasteiger partial charge is 0.359 e. The molecule has 1 N–H and O–H groups in total. The van der Waals surface area contributed by atoms with E-state index < -0.39 is 0 Å². The fourth-order valence-electron chi connectivity index (χ4n) is 3.83. The van der Waals surface area contributed by atoms with E-state index in [1.807, 2.05) is 24.3 Å². The second kappa shape index (κ2) is 6.12. The van der Waals surface area contributed by atoms with Crippen molar-refractivity contribution in [2.24, 2.45) is 13.0 Å². The van der Waals surface area contributed by atoms with Gasteiger partial charge in [-0.1, -0.05) is 18.2 Å². The number of fused-ring (bicyclic) bond motifs is 1. The summed E-state index contributed by atoms with van der Waals surface area (Å²) in [6, 6.07) is 7.55. The number of aryl methyl sites for hydroxylation is 1. The highest BCUT2D eigenvalue weighted by atomic mass is 16.2. The molecular formula is C18H21N5O3. The lowest BCUT2D eigenvalue weighted by Gasteiger charge is -2.44. The highest BCUT2D eigenvalue weighted by Crippen LogP contribution is 2.27. The van der Waals surface area contributed by atoms with Crippen molar-refractivity contribution >= 4 is 28.6 Å². The molecule has 1 atom stereocenters. The smallest absolute Gasteiger partial charge is 0.272 e. The van der Waals surface area contributed by atoms with Gasteiger partial charge in [-0.2, -0.15) is 5.10 Å². The van der Waals surface area contributed by atoms with E-state index in [0.717, 1.165) is 10.9 Å². The molecule has 0 aliphatic carbocycles. The number of rotatable bonds is 3. The summed E-state index contributed by atoms with van der Waals surface area (Å²) in [5.74, 6) is -0.485. The van der Waals surface area contributed by atoms with Crippen molar-refractivity contribution in [3.63, 3.8) is 0 Å². The molecule has 3 amide bonds. The van der Waals surface area contributed by atoms with Crippen molar-refractivity contribution < 1.29 is 14.4 Å². The summed E-state index contributed by atoms with van der Waals surface area (Å²) < 4.78 is 1.61. The van der Waals surface area contributed by atoms with Crippen LogP contribution in [0.2, 0.25) is 0 Å². The Morgan fingerprint density at radius 3 is 2.65 bits per heavy atom. The summed E-state index contributed by atoms with van der Waals surface area (Å²) >= 11 is 0. The van der Waals surface area contributed by atoms with Crippen LogP contribution in [0.4, 0.5) is 0 Å². The Morgan fingerprint density at radius 1 is 1.19 bits per heavy atom. The van der Waals surface area contributed by atoms with Crippen LogP contribution < -0.4 is 5.32 Å². The summed E-state index contributed by atoms with van der Waals surface area (Å²) in [5, 5.41) is 7.82. The molecular weight excluding hydrogens is 334 g/mol. The zero-order valence-electron chi connectivity index (χ0n) is 14.8. The van der Waals surface area contributed by atoms with Crippen LogP contribution in [0.3, 0.4) is 0 Å². The van der Waals surface area contributed by atoms with Gasteiger partial charge in [0, 0.05) is 45.5 Å². The summed E-state index contributed by atoms with van der Waals surface area (Å²) in [6.45, 7) is 1.41. The van der Waals surface area contributed by atoms with Gasteiger partial charge in [-0.25, -0.2) is 0 Å². The van der Waals surface area contributed by atoms with Crippen LogP contribution in [0.15, 0.2) is 24.3 Å². The van der Waals surface area contributed by atoms with E-state index in [4.69, 9.17) is 0 Å². The van der Waals surface area contributed by atoms with E-state index in [1.165, 1.54) is 0 Å². The second-order valence-corrected chi connectivity index (χ2v) is 6.91. The highest BCUT2D eigenvalue weighted by molar-refractivity contribution is 6.05. The Hall–Kier alpha value is -2.90. The highest BCUT2D eigenvalue weighted by Gasteiger charge is 2.43. The number of benzene rings is 1. The van der Waals surface area contributed by atoms with E-state index >= 15 is 0 Å². The van der Waals surface area contributed by atoms with Crippen molar-refractivity contribution in [1.29, 1.82) is 0 Å². The van der Waals surface area contributed by atoms with Gasteiger partial charge >= 0.3 is 0 Å². The molecule has 2 aliphatic heterocycles. The van der Waals surface area contributed by atoms with Crippen molar-refractivity contribution in [3.05, 3.63) is 30.0 Å². The van der Waals surface area contributed by atoms with Crippen molar-refractivity contribution in [2.45, 2.75) is 12.5 Å². The first-order valence-corrected chi connectivity index (χ1v) is 8.71. The van der Waals surface area contributed by atoms with Crippen LogP contribution >= 0.6 is 0 Å². The van der Waals surface area contributed by atoms with E-state index in [2.05, 4.69) is 10.4 Å². The number of nitrogens with zero attached hydrogens (tertiary/aromatic N) is 4. The third-order valence-electron chi connectivity index (χ3n) is 5.31. The van der Waals surface area contributed by atoms with Crippen LogP contribution in [0.5, 0.6) is 0 Å². The molecule has 26 heavy (non-hydrogen) atoms. The summed E-state index contributed by atoms with van der Waals surface area (Å²) in [6.07, 6.45) is 0.247. The lowest BCUT2D eigenvalue weighted by molar-refractivity contribution is -0.132. The van der Waals surface area contributed by atoms with E-state index in [-0.39, 0.29) is 36.1 Å². The van der Waals surface area contributed by atoms with E-state index in [1.54, 1.807) is 28.6 Å². The van der Waals surface area contributed by atoms with Gasteiger partial charge in [0.25, 0.3) is 5.91 Å². The minimum absolute atomic E-state index is 0.0123. The molecule has 0 bridgehead atoms. The van der Waals surface area contributed by atoms with Crippen LogP contribution in [0.1, 0.15) is 16.9 Å². The molecule has 0 radical (unpaired) electrons. The monoisotopic (exact) mass is 355 g/mol. The first-order valence-electron chi connectivity index (χ1n) is 8.71. The average molecular weight is 355 g/mol. The lowest BCUT2D eigenvalue weighted by atomic mass is 10.1. The summed E-state index contributed by atoms with van der Waals surface area (Å²) in [7, 11) is 3.35. The molecule has 1 aromatic carbocycles. The summed E-state index contributed by atoms with van der Waals surface area (Å²) in [5.41, 5.74) is 1.36. The number of amides is 3. The molecule has 2 aromatic rings. The van der Waals surface area contributed by atoms with E-state index in [0.29, 0.717) is 25.3 Å². The average Bonchev–Trinajstić information content (AvgIpc) is 3.12. The lowest BCUT2D eigenvalue weighted by Crippen LogP contribution is -2.61. The van der Waals surface area contributed by atoms with Gasteiger partial charge in [-0.15, -0.1) is 0 Å². The molecule has 4 rings (SSSR count). The topological polar surface area (TPSA) is 87.5 Å². The maximum absolute atomic E-state index is 12.9. The predicted molar refractivity (Wildman–Crippen MR) is 94.3 cm³/mol. The van der Waals surface area contributed by atoms with Gasteiger partial charge in [-0.05, 0) is 6.07 Å². The number of likely N-dealkylation sites (tertiary alicyclic amines) is 2. The number of hydrogen-bond acceptors (Lipinski definition) is 4. The standard InChI is InChI=1S/C18H21N5O3/c1-19-17(25)11-7-15(24)23(8-11)12-9-22(10-12)18(26)16-13-5-3-4-6-14(13)20-21(16)2/h3-6,11-12H,7-10H2,1-2H3,(H,19,25). The molecule has 0 saturated carbocycles. The quantitative estimate of drug-likeness (QED) is 0.839. The molecule has 0 spiro atoms. The molecule has 8 heteroatoms. The number of hydrogen-bond donors (Lipinski definition) is 1. The third kappa shape index (κ3) is 2.53. The van der Waals surface area contributed by atoms with Gasteiger partial charge in [0.15, 0.2) is 0 Å². The molecule has 2 saturated heterocycles. The fourth-order valence-corrected chi connectivity index (χ4v) is 3.83. The van der Waals surface area contributed by atoms with Gasteiger partial charge in [0.2, 0.25) is 11.8 Å². The fraction of sp³-hybridized carbons (Fsp3) is 0.444. The third-order valence-corrected chi connectivity index (χ3v) is 5.31. The van der Waals surface area contributed by atoms with E-state index in [9.17, 15) is 14.4 Å². The van der Waals surface area contributed by atoms with Crippen molar-refractivity contribution in [1.82, 2.24) is 24.9 Å². The number of nitrogens with one attached hydrogen (secondary N) is 1. The first-order chi connectivity index (χ1) is 12.5. The van der Waals surface area contributed by atoms with Gasteiger partial charge < -0.3 is 15.1 Å². The SMILES string of the molecule is CNC(=O)C1CC(=O)N(C2CN(C(=O)c3c4ccccc4nn3C)C2)C1. The van der Waals surface area contributed by atoms with Gasteiger partial charge in [0.05, 0.1) is 17.5 Å². The number of carbonyl (C=O) groups excluding carboxylic acids is 3. The molecule has 3 heterocycles. The minimum Gasteiger partial charge on any atom is -0.359 e. The van der Waals surface area contributed by atoms with Crippen molar-refractivity contribution in [2.75, 3.05) is 26.7 Å². The Balaban J connectivity index is 1.45.